The quantitative estimate of drug-likeness (QED) is 0.607. The molecule has 4 rings (SSSR count). The van der Waals surface area contributed by atoms with Gasteiger partial charge in [-0.15, -0.1) is 0 Å². The van der Waals surface area contributed by atoms with E-state index < -0.39 is 0 Å². The van der Waals surface area contributed by atoms with Gasteiger partial charge in [0.15, 0.2) is 5.78 Å². The molecule has 20 heavy (non-hydrogen) atoms. The Labute approximate surface area is 117 Å². The van der Waals surface area contributed by atoms with E-state index in [0.717, 1.165) is 17.4 Å². The molecule has 0 fully saturated rings. The lowest BCUT2D eigenvalue weighted by molar-refractivity contribution is 0.101. The van der Waals surface area contributed by atoms with Crippen molar-refractivity contribution < 1.29 is 4.79 Å². The van der Waals surface area contributed by atoms with E-state index in [0.29, 0.717) is 0 Å². The minimum absolute atomic E-state index is 0.128. The summed E-state index contributed by atoms with van der Waals surface area (Å²) in [4.78, 5) is 11.9. The predicted molar refractivity (Wildman–Crippen MR) is 84.0 cm³/mol. The Morgan fingerprint density at radius 1 is 1.00 bits per heavy atom. The van der Waals surface area contributed by atoms with E-state index in [1.807, 2.05) is 6.07 Å². The van der Waals surface area contributed by atoms with Crippen molar-refractivity contribution in [3.8, 4) is 0 Å². The maximum atomic E-state index is 11.9. The Balaban J connectivity index is 2.32. The maximum absolute atomic E-state index is 11.9. The van der Waals surface area contributed by atoms with Crippen LogP contribution >= 0.6 is 0 Å². The number of carbonyl (C=O) groups is 1. The van der Waals surface area contributed by atoms with Gasteiger partial charge in [-0.2, -0.15) is 0 Å². The predicted octanol–water partition coefficient (Wildman–Crippen LogP) is 3.81. The molecule has 96 valence electrons. The number of Topliss-reactive ketones (excluding diaryl/α,β-unsaturated/α-hetero) is 1. The summed E-state index contributed by atoms with van der Waals surface area (Å²) in [6.45, 7) is 1.64. The number of hydrogen-bond acceptors (Lipinski definition) is 1. The summed E-state index contributed by atoms with van der Waals surface area (Å²) in [6, 6.07) is 12.6. The summed E-state index contributed by atoms with van der Waals surface area (Å²) < 4.78 is 0. The fourth-order valence-corrected chi connectivity index (χ4v) is 3.23. The average molecular weight is 258 g/mol. The molecule has 3 aromatic carbocycles. The molecule has 0 aliphatic heterocycles. The van der Waals surface area contributed by atoms with Gasteiger partial charge in [-0.1, -0.05) is 54.6 Å². The minimum Gasteiger partial charge on any atom is -0.294 e. The summed E-state index contributed by atoms with van der Waals surface area (Å²) in [5.41, 5.74) is 2.15. The molecule has 0 radical (unpaired) electrons. The van der Waals surface area contributed by atoms with E-state index in [2.05, 4.69) is 48.6 Å². The molecule has 3 aromatic rings. The molecule has 0 atom stereocenters. The highest BCUT2D eigenvalue weighted by molar-refractivity contribution is 6.18. The summed E-state index contributed by atoms with van der Waals surface area (Å²) in [6.07, 6.45) is 7.41. The normalized spacial score (nSPS) is 13.4. The molecular formula is C19H14O. The van der Waals surface area contributed by atoms with Crippen molar-refractivity contribution in [3.05, 3.63) is 64.9 Å². The lowest BCUT2D eigenvalue weighted by Gasteiger charge is -2.12. The van der Waals surface area contributed by atoms with E-state index in [9.17, 15) is 4.79 Å². The van der Waals surface area contributed by atoms with Gasteiger partial charge in [0.1, 0.15) is 0 Å². The van der Waals surface area contributed by atoms with Crippen LogP contribution in [0.1, 0.15) is 22.8 Å². The summed E-state index contributed by atoms with van der Waals surface area (Å²) in [7, 11) is 0. The van der Waals surface area contributed by atoms with Gasteiger partial charge in [0, 0.05) is 5.56 Å². The monoisotopic (exact) mass is 258 g/mol. The Morgan fingerprint density at radius 2 is 1.85 bits per heavy atom. The van der Waals surface area contributed by atoms with Gasteiger partial charge in [0.2, 0.25) is 0 Å². The van der Waals surface area contributed by atoms with E-state index in [1.165, 1.54) is 26.9 Å². The third-order valence-corrected chi connectivity index (χ3v) is 4.16. The first-order chi connectivity index (χ1) is 9.75. The number of hydrogen-bond donors (Lipinski definition) is 0. The van der Waals surface area contributed by atoms with Gasteiger partial charge >= 0.3 is 0 Å². The average Bonchev–Trinajstić information content (AvgIpc) is 2.67. The highest BCUT2D eigenvalue weighted by Crippen LogP contribution is 2.31. The zero-order chi connectivity index (χ0) is 13.7. The highest BCUT2D eigenvalue weighted by atomic mass is 16.1. The van der Waals surface area contributed by atoms with Crippen molar-refractivity contribution in [1.82, 2.24) is 0 Å². The van der Waals surface area contributed by atoms with Gasteiger partial charge in [-0.05, 0) is 45.7 Å². The van der Waals surface area contributed by atoms with Crippen LogP contribution in [-0.4, -0.2) is 5.78 Å². The first kappa shape index (κ1) is 11.4. The Hall–Kier alpha value is -2.41. The summed E-state index contributed by atoms with van der Waals surface area (Å²) >= 11 is 0. The Bertz CT molecular complexity index is 945. The summed E-state index contributed by atoms with van der Waals surface area (Å²) in [5.74, 6) is 0.128. The Morgan fingerprint density at radius 3 is 2.70 bits per heavy atom. The van der Waals surface area contributed by atoms with Crippen LogP contribution in [0, 0.1) is 0 Å². The molecule has 1 heteroatoms. The molecule has 0 heterocycles. The largest absolute Gasteiger partial charge is 0.294 e. The topological polar surface area (TPSA) is 17.1 Å². The number of ketones is 1. The fourth-order valence-electron chi connectivity index (χ4n) is 3.23. The van der Waals surface area contributed by atoms with E-state index in [1.54, 1.807) is 6.92 Å². The smallest absolute Gasteiger partial charge is 0.160 e. The van der Waals surface area contributed by atoms with Crippen LogP contribution in [-0.2, 0) is 6.42 Å². The number of carbonyl (C=O) groups excluding carboxylic acids is 1. The van der Waals surface area contributed by atoms with Crippen LogP contribution in [0.5, 0.6) is 0 Å². The SMILES string of the molecule is CC(=O)c1ccc2ccc3c4c(ccc1c24)CC=CC=3. The molecule has 1 aliphatic rings. The third kappa shape index (κ3) is 1.47. The molecule has 0 aromatic heterocycles. The maximum Gasteiger partial charge on any atom is 0.160 e. The minimum atomic E-state index is 0.128. The zero-order valence-electron chi connectivity index (χ0n) is 11.3. The lowest BCUT2D eigenvalue weighted by atomic mass is 9.91. The van der Waals surface area contributed by atoms with Crippen LogP contribution in [0.25, 0.3) is 27.6 Å². The number of benzene rings is 3. The van der Waals surface area contributed by atoms with Crippen molar-refractivity contribution in [3.63, 3.8) is 0 Å². The molecule has 0 unspecified atom stereocenters. The second kappa shape index (κ2) is 4.04. The summed E-state index contributed by atoms with van der Waals surface area (Å²) in [5, 5.41) is 6.06. The second-order valence-corrected chi connectivity index (χ2v) is 5.37. The molecular weight excluding hydrogens is 244 g/mol. The zero-order valence-corrected chi connectivity index (χ0v) is 11.3. The first-order valence-corrected chi connectivity index (χ1v) is 6.90. The standard InChI is InChI=1S/C19H14O/c1-12(20)16-10-8-15-7-6-13-4-2-3-5-14-9-11-17(16)19(15)18(13)14/h2-4,6-11H,5H2,1H3. The molecule has 0 saturated heterocycles. The molecule has 1 aliphatic carbocycles. The van der Waals surface area contributed by atoms with Crippen molar-refractivity contribution in [1.29, 1.82) is 0 Å². The fraction of sp³-hybridized carbons (Fsp3) is 0.105. The first-order valence-electron chi connectivity index (χ1n) is 6.90. The van der Waals surface area contributed by atoms with E-state index in [-0.39, 0.29) is 5.78 Å². The molecule has 1 nitrogen and oxygen atoms in total. The van der Waals surface area contributed by atoms with Crippen LogP contribution in [0.15, 0.2) is 48.6 Å². The van der Waals surface area contributed by atoms with Gasteiger partial charge in [-0.3, -0.25) is 4.79 Å². The van der Waals surface area contributed by atoms with Crippen molar-refractivity contribution in [2.45, 2.75) is 13.3 Å². The Kier molecular flexibility index (Phi) is 2.31. The molecule has 0 saturated carbocycles. The number of rotatable bonds is 1. The van der Waals surface area contributed by atoms with Gasteiger partial charge in [-0.25, -0.2) is 0 Å². The van der Waals surface area contributed by atoms with Crippen LogP contribution in [0.4, 0.5) is 0 Å². The van der Waals surface area contributed by atoms with Gasteiger partial charge in [0.05, 0.1) is 0 Å². The van der Waals surface area contributed by atoms with Gasteiger partial charge in [0.25, 0.3) is 0 Å². The molecule has 0 N–H and O–H groups in total. The number of allylic oxidation sites excluding steroid dienone is 2. The molecule has 0 spiro atoms. The highest BCUT2D eigenvalue weighted by Gasteiger charge is 2.13. The van der Waals surface area contributed by atoms with E-state index in [4.69, 9.17) is 0 Å². The third-order valence-electron chi connectivity index (χ3n) is 4.16. The molecule has 0 bridgehead atoms. The van der Waals surface area contributed by atoms with Crippen molar-refractivity contribution in [2.24, 2.45) is 0 Å². The lowest BCUT2D eigenvalue weighted by Crippen LogP contribution is -2.05. The van der Waals surface area contributed by atoms with Crippen molar-refractivity contribution >= 4 is 33.4 Å². The van der Waals surface area contributed by atoms with Crippen LogP contribution < -0.4 is 5.22 Å². The van der Waals surface area contributed by atoms with Crippen LogP contribution in [0.2, 0.25) is 0 Å². The van der Waals surface area contributed by atoms with Crippen LogP contribution in [0.3, 0.4) is 0 Å². The second-order valence-electron chi connectivity index (χ2n) is 5.37. The van der Waals surface area contributed by atoms with Crippen molar-refractivity contribution in [2.75, 3.05) is 0 Å². The van der Waals surface area contributed by atoms with Gasteiger partial charge < -0.3 is 0 Å². The van der Waals surface area contributed by atoms with E-state index >= 15 is 0 Å². The molecule has 0 amide bonds.